The first-order valence-electron chi connectivity index (χ1n) is 5.57. The summed E-state index contributed by atoms with van der Waals surface area (Å²) < 4.78 is 2.98. The fraction of sp³-hybridized carbons (Fsp3) is 0.800. The maximum atomic E-state index is 4.23. The highest BCUT2D eigenvalue weighted by atomic mass is 79.9. The molecule has 3 rings (SSSR count). The summed E-state index contributed by atoms with van der Waals surface area (Å²) in [4.78, 5) is 0. The standard InChI is InChI=1S/C10H15BrN4/c1-6-10(11)13-14-15(6)9-4-7-2-3-8(5-9)12-7/h7-9,12H,2-5H2,1H3/t7-,8+,9?. The van der Waals surface area contributed by atoms with E-state index in [1.54, 1.807) is 0 Å². The predicted molar refractivity (Wildman–Crippen MR) is 60.7 cm³/mol. The summed E-state index contributed by atoms with van der Waals surface area (Å²) in [6.45, 7) is 2.08. The molecule has 0 aromatic carbocycles. The minimum absolute atomic E-state index is 0.544. The molecule has 0 radical (unpaired) electrons. The third-order valence-corrected chi connectivity index (χ3v) is 4.40. The summed E-state index contributed by atoms with van der Waals surface area (Å²) in [7, 11) is 0. The van der Waals surface area contributed by atoms with Gasteiger partial charge >= 0.3 is 0 Å². The van der Waals surface area contributed by atoms with Gasteiger partial charge in [0.2, 0.25) is 0 Å². The second kappa shape index (κ2) is 3.56. The lowest BCUT2D eigenvalue weighted by molar-refractivity contribution is 0.275. The van der Waals surface area contributed by atoms with Gasteiger partial charge in [-0.15, -0.1) is 5.10 Å². The lowest BCUT2D eigenvalue weighted by atomic mass is 10.00. The fourth-order valence-corrected chi connectivity index (χ4v) is 3.15. The van der Waals surface area contributed by atoms with Crippen molar-refractivity contribution in [3.63, 3.8) is 0 Å². The number of halogens is 1. The van der Waals surface area contributed by atoms with Crippen molar-refractivity contribution in [2.45, 2.75) is 50.7 Å². The molecule has 2 saturated heterocycles. The average molecular weight is 271 g/mol. The Morgan fingerprint density at radius 1 is 1.33 bits per heavy atom. The fourth-order valence-electron chi connectivity index (χ4n) is 2.90. The average Bonchev–Trinajstić information content (AvgIpc) is 2.73. The molecule has 3 heterocycles. The second-order valence-electron chi connectivity index (χ2n) is 4.67. The van der Waals surface area contributed by atoms with Gasteiger partial charge < -0.3 is 5.32 Å². The molecule has 2 aliphatic heterocycles. The van der Waals surface area contributed by atoms with Gasteiger partial charge in [-0.25, -0.2) is 4.68 Å². The second-order valence-corrected chi connectivity index (χ2v) is 5.42. The third-order valence-electron chi connectivity index (χ3n) is 3.67. The largest absolute Gasteiger partial charge is 0.311 e. The Kier molecular flexibility index (Phi) is 2.32. The lowest BCUT2D eigenvalue weighted by Gasteiger charge is -2.29. The van der Waals surface area contributed by atoms with Gasteiger partial charge in [0.05, 0.1) is 11.7 Å². The van der Waals surface area contributed by atoms with E-state index < -0.39 is 0 Å². The molecule has 1 N–H and O–H groups in total. The Balaban J connectivity index is 1.86. The van der Waals surface area contributed by atoms with E-state index in [1.807, 2.05) is 0 Å². The van der Waals surface area contributed by atoms with Crippen molar-refractivity contribution in [1.82, 2.24) is 20.3 Å². The quantitative estimate of drug-likeness (QED) is 0.847. The Bertz CT molecular complexity index is 363. The first-order chi connectivity index (χ1) is 7.24. The van der Waals surface area contributed by atoms with Crippen LogP contribution in [0.15, 0.2) is 4.60 Å². The molecule has 4 nitrogen and oxygen atoms in total. The Morgan fingerprint density at radius 3 is 2.53 bits per heavy atom. The van der Waals surface area contributed by atoms with Crippen LogP contribution in [0.2, 0.25) is 0 Å². The minimum atomic E-state index is 0.544. The molecule has 2 fully saturated rings. The SMILES string of the molecule is Cc1c(Br)nnn1C1C[C@H]2CC[C@@H](C1)N2. The van der Waals surface area contributed by atoms with E-state index in [0.29, 0.717) is 18.1 Å². The van der Waals surface area contributed by atoms with Crippen LogP contribution in [-0.4, -0.2) is 27.1 Å². The maximum Gasteiger partial charge on any atom is 0.151 e. The van der Waals surface area contributed by atoms with E-state index in [1.165, 1.54) is 25.7 Å². The van der Waals surface area contributed by atoms with Crippen molar-refractivity contribution in [2.24, 2.45) is 0 Å². The highest BCUT2D eigenvalue weighted by Crippen LogP contribution is 2.34. The molecule has 15 heavy (non-hydrogen) atoms. The molecular weight excluding hydrogens is 256 g/mol. The summed E-state index contributed by atoms with van der Waals surface area (Å²) >= 11 is 3.42. The molecule has 82 valence electrons. The highest BCUT2D eigenvalue weighted by Gasteiger charge is 2.35. The van der Waals surface area contributed by atoms with Crippen LogP contribution in [0.1, 0.15) is 37.4 Å². The summed E-state index contributed by atoms with van der Waals surface area (Å²) in [5.41, 5.74) is 1.15. The number of hydrogen-bond donors (Lipinski definition) is 1. The van der Waals surface area contributed by atoms with Crippen molar-refractivity contribution in [1.29, 1.82) is 0 Å². The summed E-state index contributed by atoms with van der Waals surface area (Å²) in [5.74, 6) is 0. The van der Waals surface area contributed by atoms with Gasteiger partial charge in [0, 0.05) is 12.1 Å². The van der Waals surface area contributed by atoms with E-state index >= 15 is 0 Å². The van der Waals surface area contributed by atoms with Gasteiger partial charge in [-0.05, 0) is 48.5 Å². The number of nitrogens with one attached hydrogen (secondary N) is 1. The predicted octanol–water partition coefficient (Wildman–Crippen LogP) is 1.80. The third kappa shape index (κ3) is 1.61. The number of rotatable bonds is 1. The summed E-state index contributed by atoms with van der Waals surface area (Å²) in [6, 6.07) is 1.95. The van der Waals surface area contributed by atoms with Crippen LogP contribution in [0.5, 0.6) is 0 Å². The van der Waals surface area contributed by atoms with Crippen LogP contribution in [0.4, 0.5) is 0 Å². The molecular formula is C10H15BrN4. The normalized spacial score (nSPS) is 34.7. The van der Waals surface area contributed by atoms with Gasteiger partial charge in [0.15, 0.2) is 4.60 Å². The van der Waals surface area contributed by atoms with Crippen LogP contribution in [0.25, 0.3) is 0 Å². The molecule has 1 unspecified atom stereocenters. The Labute approximate surface area is 97.6 Å². The molecule has 5 heteroatoms. The van der Waals surface area contributed by atoms with Crippen LogP contribution in [-0.2, 0) is 0 Å². The maximum absolute atomic E-state index is 4.23. The molecule has 0 saturated carbocycles. The van der Waals surface area contributed by atoms with Crippen molar-refractivity contribution >= 4 is 15.9 Å². The Morgan fingerprint density at radius 2 is 2.00 bits per heavy atom. The van der Waals surface area contributed by atoms with E-state index in [0.717, 1.165) is 10.3 Å². The van der Waals surface area contributed by atoms with Gasteiger partial charge in [0.25, 0.3) is 0 Å². The number of nitrogens with zero attached hydrogens (tertiary/aromatic N) is 3. The zero-order valence-corrected chi connectivity index (χ0v) is 10.4. The molecule has 0 amide bonds. The van der Waals surface area contributed by atoms with E-state index in [4.69, 9.17) is 0 Å². The van der Waals surface area contributed by atoms with Gasteiger partial charge in [-0.1, -0.05) is 5.21 Å². The van der Waals surface area contributed by atoms with E-state index in [9.17, 15) is 0 Å². The van der Waals surface area contributed by atoms with Crippen molar-refractivity contribution in [3.05, 3.63) is 10.3 Å². The lowest BCUT2D eigenvalue weighted by Crippen LogP contribution is -2.39. The van der Waals surface area contributed by atoms with E-state index in [-0.39, 0.29) is 0 Å². The molecule has 2 bridgehead atoms. The zero-order chi connectivity index (χ0) is 10.4. The van der Waals surface area contributed by atoms with Gasteiger partial charge in [-0.3, -0.25) is 0 Å². The molecule has 0 spiro atoms. The molecule has 2 aliphatic rings. The monoisotopic (exact) mass is 270 g/mol. The molecule has 0 aliphatic carbocycles. The van der Waals surface area contributed by atoms with E-state index in [2.05, 4.69) is 43.2 Å². The van der Waals surface area contributed by atoms with Crippen LogP contribution in [0, 0.1) is 6.92 Å². The molecule has 3 atom stereocenters. The molecule has 1 aromatic heterocycles. The van der Waals surface area contributed by atoms with Crippen LogP contribution < -0.4 is 5.32 Å². The first-order valence-corrected chi connectivity index (χ1v) is 6.36. The number of aromatic nitrogens is 3. The van der Waals surface area contributed by atoms with Crippen LogP contribution >= 0.6 is 15.9 Å². The minimum Gasteiger partial charge on any atom is -0.311 e. The van der Waals surface area contributed by atoms with Crippen molar-refractivity contribution in [2.75, 3.05) is 0 Å². The zero-order valence-electron chi connectivity index (χ0n) is 8.78. The smallest absolute Gasteiger partial charge is 0.151 e. The Hall–Kier alpha value is -0.420. The van der Waals surface area contributed by atoms with Crippen molar-refractivity contribution in [3.8, 4) is 0 Å². The number of hydrogen-bond acceptors (Lipinski definition) is 3. The number of piperidine rings is 1. The molecule has 1 aromatic rings. The highest BCUT2D eigenvalue weighted by molar-refractivity contribution is 9.10. The topological polar surface area (TPSA) is 42.7 Å². The number of fused-ring (bicyclic) bond motifs is 2. The van der Waals surface area contributed by atoms with Gasteiger partial charge in [-0.2, -0.15) is 0 Å². The van der Waals surface area contributed by atoms with Gasteiger partial charge in [0.1, 0.15) is 0 Å². The van der Waals surface area contributed by atoms with Crippen molar-refractivity contribution < 1.29 is 0 Å². The van der Waals surface area contributed by atoms with Crippen LogP contribution in [0.3, 0.4) is 0 Å². The first kappa shape index (κ1) is 9.78. The summed E-state index contributed by atoms with van der Waals surface area (Å²) in [6.07, 6.45) is 5.06. The summed E-state index contributed by atoms with van der Waals surface area (Å²) in [5, 5.41) is 11.9.